The van der Waals surface area contributed by atoms with E-state index in [2.05, 4.69) is 32.6 Å². The van der Waals surface area contributed by atoms with Gasteiger partial charge in [0.2, 0.25) is 0 Å². The quantitative estimate of drug-likeness (QED) is 0.173. The fraction of sp³-hybridized carbons (Fsp3) is 0.833. The molecule has 0 amide bonds. The molecule has 10 heteroatoms. The highest BCUT2D eigenvalue weighted by Gasteiger charge is 2.28. The van der Waals surface area contributed by atoms with Crippen LogP contribution in [-0.4, -0.2) is 47.3 Å². The van der Waals surface area contributed by atoms with E-state index in [0.29, 0.717) is 0 Å². The van der Waals surface area contributed by atoms with Crippen LogP contribution in [-0.2, 0) is 19.1 Å². The van der Waals surface area contributed by atoms with E-state index in [0.717, 1.165) is 12.8 Å². The van der Waals surface area contributed by atoms with Crippen molar-refractivity contribution >= 4 is 11.9 Å². The molecule has 0 heterocycles. The zero-order chi connectivity index (χ0) is 26.5. The summed E-state index contributed by atoms with van der Waals surface area (Å²) < 4.78 is 10.1. The average molecular weight is 477 g/mol. The van der Waals surface area contributed by atoms with Crippen molar-refractivity contribution in [1.82, 2.24) is 0 Å². The number of esters is 2. The Labute approximate surface area is 203 Å². The lowest BCUT2D eigenvalue weighted by Gasteiger charge is -2.20. The Kier molecular flexibility index (Phi) is 12.6. The second-order valence-corrected chi connectivity index (χ2v) is 9.94. The third-order valence-corrected chi connectivity index (χ3v) is 5.54. The Hall–Kier alpha value is -2.88. The lowest BCUT2D eigenvalue weighted by Crippen LogP contribution is -2.24. The number of hydrogen-bond acceptors (Lipinski definition) is 10. The molecule has 0 saturated heterocycles. The number of nitrogens with zero attached hydrogens (tertiary/aromatic N) is 6. The van der Waals surface area contributed by atoms with Gasteiger partial charge in [-0.15, -0.1) is 0 Å². The Morgan fingerprint density at radius 2 is 1.00 bits per heavy atom. The highest BCUT2D eigenvalue weighted by molar-refractivity contribution is 5.70. The van der Waals surface area contributed by atoms with Crippen molar-refractivity contribution in [1.29, 1.82) is 10.5 Å². The van der Waals surface area contributed by atoms with Crippen LogP contribution < -0.4 is 0 Å². The molecule has 0 aliphatic heterocycles. The topological polar surface area (TPSA) is 150 Å². The van der Waals surface area contributed by atoms with Crippen LogP contribution in [0.4, 0.5) is 0 Å². The van der Waals surface area contributed by atoms with Crippen LogP contribution in [0, 0.1) is 22.7 Å². The van der Waals surface area contributed by atoms with Crippen molar-refractivity contribution in [3.63, 3.8) is 0 Å². The van der Waals surface area contributed by atoms with E-state index in [9.17, 15) is 20.1 Å². The number of azo groups is 2. The van der Waals surface area contributed by atoms with Gasteiger partial charge in [-0.3, -0.25) is 9.59 Å². The van der Waals surface area contributed by atoms with Gasteiger partial charge in [0.05, 0.1) is 23.2 Å². The minimum atomic E-state index is -1.12. The van der Waals surface area contributed by atoms with Crippen molar-refractivity contribution in [2.24, 2.45) is 20.5 Å². The fourth-order valence-electron chi connectivity index (χ4n) is 2.04. The summed E-state index contributed by atoms with van der Waals surface area (Å²) in [5.41, 5.74) is -2.98. The van der Waals surface area contributed by atoms with Crippen LogP contribution in [0.1, 0.15) is 93.9 Å². The van der Waals surface area contributed by atoms with Crippen molar-refractivity contribution in [2.75, 3.05) is 13.2 Å². The molecule has 0 fully saturated rings. The predicted molar refractivity (Wildman–Crippen MR) is 127 cm³/mol. The molecule has 34 heavy (non-hydrogen) atoms. The molecular formula is C24H40N6O4. The van der Waals surface area contributed by atoms with Gasteiger partial charge in [0.25, 0.3) is 0 Å². The van der Waals surface area contributed by atoms with Gasteiger partial charge in [0, 0.05) is 12.8 Å². The van der Waals surface area contributed by atoms with Crippen LogP contribution >= 0.6 is 0 Å². The second-order valence-electron chi connectivity index (χ2n) is 9.94. The first-order valence-corrected chi connectivity index (χ1v) is 11.7. The summed E-state index contributed by atoms with van der Waals surface area (Å²) in [6.45, 7) is 14.7. The minimum absolute atomic E-state index is 0.0107. The maximum absolute atomic E-state index is 12.0. The maximum Gasteiger partial charge on any atom is 0.306 e. The Morgan fingerprint density at radius 1 is 0.676 bits per heavy atom. The second kappa shape index (κ2) is 13.7. The number of carbonyl (C=O) groups excluding carboxylic acids is 2. The molecule has 0 aliphatic carbocycles. The van der Waals surface area contributed by atoms with Crippen molar-refractivity contribution in [3.05, 3.63) is 0 Å². The number of rotatable bonds is 15. The van der Waals surface area contributed by atoms with Gasteiger partial charge in [-0.1, -0.05) is 13.8 Å². The standard InChI is InChI=1S/C24H40N6O4/c1-9-21(3,4)27-29-23(7,17-25)13-11-19(31)33-15-16-34-20(32)12-14-24(8,18-26)30-28-22(5,6)10-2/h9-16H2,1-8H3/b29-27+,30-28+. The summed E-state index contributed by atoms with van der Waals surface area (Å²) in [7, 11) is 0. The predicted octanol–water partition coefficient (Wildman–Crippen LogP) is 5.48. The van der Waals surface area contributed by atoms with Gasteiger partial charge in [-0.05, 0) is 67.2 Å². The third kappa shape index (κ3) is 13.0. The Balaban J connectivity index is 4.42. The molecule has 0 rings (SSSR count). The molecule has 0 radical (unpaired) electrons. The molecule has 0 aromatic heterocycles. The number of hydrogen-bond donors (Lipinski definition) is 0. The van der Waals surface area contributed by atoms with E-state index < -0.39 is 23.0 Å². The molecule has 0 bridgehead atoms. The molecule has 0 aromatic carbocycles. The van der Waals surface area contributed by atoms with Gasteiger partial charge in [0.1, 0.15) is 13.2 Å². The molecular weight excluding hydrogens is 436 g/mol. The van der Waals surface area contributed by atoms with Crippen molar-refractivity contribution < 1.29 is 19.1 Å². The first-order valence-electron chi connectivity index (χ1n) is 11.7. The molecule has 0 spiro atoms. The first-order chi connectivity index (χ1) is 15.7. The van der Waals surface area contributed by atoms with Crippen LogP contribution in [0.15, 0.2) is 20.5 Å². The summed E-state index contributed by atoms with van der Waals surface area (Å²) >= 11 is 0. The van der Waals surface area contributed by atoms with Crippen LogP contribution in [0.5, 0.6) is 0 Å². The molecule has 0 saturated carbocycles. The van der Waals surface area contributed by atoms with E-state index in [-0.39, 0.29) is 50.0 Å². The lowest BCUT2D eigenvalue weighted by molar-refractivity contribution is -0.152. The summed E-state index contributed by atoms with van der Waals surface area (Å²) in [6, 6.07) is 4.18. The van der Waals surface area contributed by atoms with E-state index in [4.69, 9.17) is 9.47 Å². The number of nitriles is 2. The largest absolute Gasteiger partial charge is 0.462 e. The van der Waals surface area contributed by atoms with Crippen LogP contribution in [0.3, 0.4) is 0 Å². The zero-order valence-corrected chi connectivity index (χ0v) is 22.0. The number of carbonyl (C=O) groups is 2. The SMILES string of the molecule is CCC(C)(C)/N=N/C(C)(C#N)CCC(=O)OCCOC(=O)CCC(C)(C#N)/N=N/C(C)(C)CC. The summed E-state index contributed by atoms with van der Waals surface area (Å²) in [5, 5.41) is 35.5. The van der Waals surface area contributed by atoms with E-state index in [1.54, 1.807) is 13.8 Å². The summed E-state index contributed by atoms with van der Waals surface area (Å²) in [4.78, 5) is 24.0. The van der Waals surface area contributed by atoms with E-state index >= 15 is 0 Å². The zero-order valence-electron chi connectivity index (χ0n) is 22.0. The Bertz CT molecular complexity index is 756. The van der Waals surface area contributed by atoms with Gasteiger partial charge in [-0.25, -0.2) is 0 Å². The summed E-state index contributed by atoms with van der Waals surface area (Å²) in [6.07, 6.45) is 1.86. The first kappa shape index (κ1) is 31.1. The minimum Gasteiger partial charge on any atom is -0.462 e. The third-order valence-electron chi connectivity index (χ3n) is 5.54. The highest BCUT2D eigenvalue weighted by atomic mass is 16.6. The molecule has 0 N–H and O–H groups in total. The smallest absolute Gasteiger partial charge is 0.306 e. The lowest BCUT2D eigenvalue weighted by atomic mass is 9.99. The molecule has 190 valence electrons. The van der Waals surface area contributed by atoms with Crippen LogP contribution in [0.25, 0.3) is 0 Å². The van der Waals surface area contributed by atoms with Gasteiger partial charge in [-0.2, -0.15) is 31.0 Å². The van der Waals surface area contributed by atoms with Gasteiger partial charge in [0.15, 0.2) is 11.1 Å². The normalized spacial score (nSPS) is 15.8. The highest BCUT2D eigenvalue weighted by Crippen LogP contribution is 2.23. The molecule has 2 atom stereocenters. The Morgan fingerprint density at radius 3 is 1.26 bits per heavy atom. The monoisotopic (exact) mass is 476 g/mol. The average Bonchev–Trinajstić information content (AvgIpc) is 2.81. The number of ether oxygens (including phenoxy) is 2. The molecule has 0 aromatic rings. The van der Waals surface area contributed by atoms with Crippen molar-refractivity contribution in [3.8, 4) is 12.1 Å². The van der Waals surface area contributed by atoms with Crippen LogP contribution in [0.2, 0.25) is 0 Å². The van der Waals surface area contributed by atoms with E-state index in [1.165, 1.54) is 0 Å². The van der Waals surface area contributed by atoms with Crippen molar-refractivity contribution in [2.45, 2.75) is 116 Å². The van der Waals surface area contributed by atoms with Gasteiger partial charge >= 0.3 is 11.9 Å². The molecule has 2 unspecified atom stereocenters. The maximum atomic E-state index is 12.0. The van der Waals surface area contributed by atoms with Gasteiger partial charge < -0.3 is 9.47 Å². The molecule has 10 nitrogen and oxygen atoms in total. The van der Waals surface area contributed by atoms with E-state index in [1.807, 2.05) is 41.5 Å². The molecule has 0 aliphatic rings. The fourth-order valence-corrected chi connectivity index (χ4v) is 2.04. The summed E-state index contributed by atoms with van der Waals surface area (Å²) in [5.74, 6) is -1.03.